The predicted octanol–water partition coefficient (Wildman–Crippen LogP) is 4.39. The molecule has 0 spiro atoms. The van der Waals surface area contributed by atoms with Crippen LogP contribution in [0.1, 0.15) is 22.3 Å². The minimum absolute atomic E-state index is 0.170. The second-order valence-electron chi connectivity index (χ2n) is 12.0. The van der Waals surface area contributed by atoms with Crippen LogP contribution in [-0.2, 0) is 25.9 Å². The summed E-state index contributed by atoms with van der Waals surface area (Å²) in [7, 11) is 0. The van der Waals surface area contributed by atoms with Gasteiger partial charge in [-0.15, -0.1) is 0 Å². The molecule has 2 amide bonds. The molecule has 0 radical (unpaired) electrons. The number of rotatable bonds is 10. The van der Waals surface area contributed by atoms with Gasteiger partial charge in [-0.3, -0.25) is 9.80 Å². The average molecular weight is 653 g/mol. The maximum Gasteiger partial charge on any atom is 0.412 e. The van der Waals surface area contributed by atoms with Crippen LogP contribution in [0, 0.1) is 0 Å². The predicted molar refractivity (Wildman–Crippen MR) is 184 cm³/mol. The maximum absolute atomic E-state index is 11.7. The van der Waals surface area contributed by atoms with E-state index >= 15 is 0 Å². The highest BCUT2D eigenvalue weighted by atomic mass is 16.6. The Labute approximate surface area is 281 Å². The number of carbonyl (C=O) groups is 2. The molecule has 2 aliphatic heterocycles. The lowest BCUT2D eigenvalue weighted by molar-refractivity contribution is 0.103. The zero-order valence-electron chi connectivity index (χ0n) is 27.0. The number of β-amino-alcohol motifs (C(OH)–C–C–N with tert-alkyl or cyclic N) is 2. The molecule has 0 bridgehead atoms. The Balaban J connectivity index is 0.000000188. The summed E-state index contributed by atoms with van der Waals surface area (Å²) in [6, 6.07) is 34.5. The van der Waals surface area contributed by atoms with Gasteiger partial charge in [-0.25, -0.2) is 9.59 Å². The van der Waals surface area contributed by atoms with E-state index in [0.717, 1.165) is 39.0 Å². The molecule has 0 unspecified atom stereocenters. The normalized spacial score (nSPS) is 15.4. The van der Waals surface area contributed by atoms with Gasteiger partial charge in [0.2, 0.25) is 0 Å². The molecule has 4 aromatic rings. The van der Waals surface area contributed by atoms with Gasteiger partial charge in [-0.2, -0.15) is 0 Å². The highest BCUT2D eigenvalue weighted by molar-refractivity contribution is 5.70. The number of hydrogen-bond acceptors (Lipinski definition) is 8. The van der Waals surface area contributed by atoms with Gasteiger partial charge in [-0.1, -0.05) is 84.9 Å². The molecule has 0 aliphatic carbocycles. The van der Waals surface area contributed by atoms with Crippen LogP contribution < -0.4 is 20.1 Å². The van der Waals surface area contributed by atoms with Gasteiger partial charge >= 0.3 is 12.2 Å². The van der Waals surface area contributed by atoms with Crippen molar-refractivity contribution in [3.05, 3.63) is 131 Å². The Bertz CT molecular complexity index is 1470. The number of aliphatic hydroxyl groups excluding tert-OH is 2. The lowest BCUT2D eigenvalue weighted by Crippen LogP contribution is -2.42. The van der Waals surface area contributed by atoms with Crippen molar-refractivity contribution in [3.8, 4) is 11.5 Å². The fraction of sp³-hybridized carbons (Fsp3) is 0.316. The van der Waals surface area contributed by atoms with Gasteiger partial charge in [0, 0.05) is 52.4 Å². The summed E-state index contributed by atoms with van der Waals surface area (Å²) in [6.45, 7) is 4.90. The van der Waals surface area contributed by atoms with Crippen molar-refractivity contribution in [2.45, 2.75) is 38.1 Å². The number of amides is 2. The number of para-hydroxylation sites is 2. The van der Waals surface area contributed by atoms with Crippen LogP contribution in [0.3, 0.4) is 0 Å². The van der Waals surface area contributed by atoms with E-state index in [2.05, 4.69) is 56.8 Å². The summed E-state index contributed by atoms with van der Waals surface area (Å²) in [6.07, 6.45) is -0.371. The molecule has 0 saturated heterocycles. The third kappa shape index (κ3) is 11.2. The Hall–Kier alpha value is -4.74. The summed E-state index contributed by atoms with van der Waals surface area (Å²) in [5.74, 6) is 0.967. The molecule has 6 rings (SSSR count). The van der Waals surface area contributed by atoms with Crippen molar-refractivity contribution in [2.24, 2.45) is 0 Å². The van der Waals surface area contributed by atoms with Gasteiger partial charge in [0.05, 0.1) is 12.2 Å². The molecule has 4 N–H and O–H groups in total. The fourth-order valence-electron chi connectivity index (χ4n) is 5.81. The summed E-state index contributed by atoms with van der Waals surface area (Å²) >= 11 is 0. The third-order valence-electron chi connectivity index (χ3n) is 8.23. The summed E-state index contributed by atoms with van der Waals surface area (Å²) < 4.78 is 10.3. The van der Waals surface area contributed by atoms with Crippen molar-refractivity contribution in [1.29, 1.82) is 0 Å². The van der Waals surface area contributed by atoms with E-state index in [4.69, 9.17) is 9.47 Å². The second-order valence-corrected chi connectivity index (χ2v) is 12.0. The summed E-state index contributed by atoms with van der Waals surface area (Å²) in [4.78, 5) is 27.8. The van der Waals surface area contributed by atoms with Gasteiger partial charge in [0.1, 0.15) is 11.5 Å². The Kier molecular flexibility index (Phi) is 13.0. The van der Waals surface area contributed by atoms with Crippen molar-refractivity contribution < 1.29 is 29.3 Å². The zero-order chi connectivity index (χ0) is 33.6. The third-order valence-corrected chi connectivity index (χ3v) is 8.23. The van der Waals surface area contributed by atoms with E-state index in [1.807, 2.05) is 24.3 Å². The zero-order valence-corrected chi connectivity index (χ0v) is 27.0. The summed E-state index contributed by atoms with van der Waals surface area (Å²) in [5.41, 5.74) is 5.39. The van der Waals surface area contributed by atoms with E-state index in [-0.39, 0.29) is 13.1 Å². The van der Waals surface area contributed by atoms with Crippen molar-refractivity contribution in [1.82, 2.24) is 20.4 Å². The number of hydrogen-bond donors (Lipinski definition) is 4. The van der Waals surface area contributed by atoms with E-state index in [0.29, 0.717) is 24.6 Å². The molecule has 10 heteroatoms. The second kappa shape index (κ2) is 18.0. The Morgan fingerprint density at radius 1 is 0.562 bits per heavy atom. The SMILES string of the molecule is O=C(NC[C@@H](O)CN1CCc2ccccc2C1)Oc1ccccc1.O=C(NC[C@H](O)CN1CCc2ccccc2C1)Oc1ccccc1. The average Bonchev–Trinajstić information content (AvgIpc) is 3.11. The molecule has 0 aromatic heterocycles. The quantitative estimate of drug-likeness (QED) is 0.199. The molecule has 0 saturated carbocycles. The molecular weight excluding hydrogens is 608 g/mol. The van der Waals surface area contributed by atoms with Crippen LogP contribution in [0.5, 0.6) is 11.5 Å². The van der Waals surface area contributed by atoms with Gasteiger partial charge in [0.25, 0.3) is 0 Å². The van der Waals surface area contributed by atoms with Gasteiger partial charge in [-0.05, 0) is 59.4 Å². The number of nitrogens with one attached hydrogen (secondary N) is 2. The number of nitrogens with zero attached hydrogens (tertiary/aromatic N) is 2. The van der Waals surface area contributed by atoms with Crippen LogP contribution in [0.25, 0.3) is 0 Å². The molecule has 10 nitrogen and oxygen atoms in total. The maximum atomic E-state index is 11.7. The molecule has 2 atom stereocenters. The summed E-state index contributed by atoms with van der Waals surface area (Å²) in [5, 5.41) is 25.5. The lowest BCUT2D eigenvalue weighted by Gasteiger charge is -2.30. The topological polar surface area (TPSA) is 124 Å². The van der Waals surface area contributed by atoms with Gasteiger partial charge < -0.3 is 30.3 Å². The molecular formula is C38H44N4O6. The minimum Gasteiger partial charge on any atom is -0.410 e. The first-order valence-corrected chi connectivity index (χ1v) is 16.4. The monoisotopic (exact) mass is 652 g/mol. The molecule has 4 aromatic carbocycles. The van der Waals surface area contributed by atoms with Crippen LogP contribution in [0.4, 0.5) is 9.59 Å². The van der Waals surface area contributed by atoms with Crippen LogP contribution in [-0.4, -0.2) is 83.7 Å². The minimum atomic E-state index is -0.626. The van der Waals surface area contributed by atoms with E-state index in [9.17, 15) is 19.8 Å². The first-order chi connectivity index (χ1) is 23.4. The first-order valence-electron chi connectivity index (χ1n) is 16.4. The Morgan fingerprint density at radius 2 is 0.917 bits per heavy atom. The number of aliphatic hydroxyl groups is 2. The van der Waals surface area contributed by atoms with E-state index in [1.54, 1.807) is 48.5 Å². The molecule has 0 fully saturated rings. The lowest BCUT2D eigenvalue weighted by atomic mass is 10.00. The van der Waals surface area contributed by atoms with Crippen LogP contribution in [0.2, 0.25) is 0 Å². The number of ether oxygens (including phenoxy) is 2. The fourth-order valence-corrected chi connectivity index (χ4v) is 5.81. The van der Waals surface area contributed by atoms with Crippen molar-refractivity contribution in [2.75, 3.05) is 39.3 Å². The number of fused-ring (bicyclic) bond motifs is 2. The van der Waals surface area contributed by atoms with E-state index < -0.39 is 24.4 Å². The largest absolute Gasteiger partial charge is 0.412 e. The van der Waals surface area contributed by atoms with Crippen LogP contribution in [0.15, 0.2) is 109 Å². The Morgan fingerprint density at radius 3 is 1.31 bits per heavy atom. The molecule has 2 heterocycles. The highest BCUT2D eigenvalue weighted by Gasteiger charge is 2.20. The molecule has 48 heavy (non-hydrogen) atoms. The van der Waals surface area contributed by atoms with Crippen molar-refractivity contribution >= 4 is 12.2 Å². The van der Waals surface area contributed by atoms with Crippen molar-refractivity contribution in [3.63, 3.8) is 0 Å². The van der Waals surface area contributed by atoms with E-state index in [1.165, 1.54) is 22.3 Å². The first kappa shape index (κ1) is 34.6. The number of benzene rings is 4. The standard InChI is InChI=1S/2C19H22N2O3/c2*22-17(12-20-19(23)24-18-8-2-1-3-9-18)14-21-11-10-15-6-4-5-7-16(15)13-21/h2*1-9,17,22H,10-14H2,(H,20,23)/t2*17-/m10/s1. The number of carbonyl (C=O) groups excluding carboxylic acids is 2. The molecule has 2 aliphatic rings. The van der Waals surface area contributed by atoms with Crippen LogP contribution >= 0.6 is 0 Å². The smallest absolute Gasteiger partial charge is 0.410 e. The highest BCUT2D eigenvalue weighted by Crippen LogP contribution is 2.19. The van der Waals surface area contributed by atoms with Gasteiger partial charge in [0.15, 0.2) is 0 Å². The molecule has 252 valence electrons.